The van der Waals surface area contributed by atoms with Gasteiger partial charge in [0.15, 0.2) is 0 Å². The number of hydrogen-bond acceptors (Lipinski definition) is 2. The molecule has 0 fully saturated rings. The average Bonchev–Trinajstić information content (AvgIpc) is 2.08. The molecule has 0 radical (unpaired) electrons. The predicted molar refractivity (Wildman–Crippen MR) is 59.7 cm³/mol. The molecular weight excluding hydrogens is 184 g/mol. The summed E-state index contributed by atoms with van der Waals surface area (Å²) in [6.07, 6.45) is 2.05. The highest BCUT2D eigenvalue weighted by Gasteiger charge is 2.02. The molecule has 0 heterocycles. The third-order valence-corrected chi connectivity index (χ3v) is 2.87. The van der Waals surface area contributed by atoms with Gasteiger partial charge in [-0.25, -0.2) is 0 Å². The van der Waals surface area contributed by atoms with Crippen molar-refractivity contribution in [3.63, 3.8) is 0 Å². The Morgan fingerprint density at radius 1 is 0.917 bits per heavy atom. The van der Waals surface area contributed by atoms with Gasteiger partial charge in [-0.2, -0.15) is 0 Å². The monoisotopic (exact) mass is 198 g/mol. The van der Waals surface area contributed by atoms with Gasteiger partial charge in [0.25, 0.3) is 0 Å². The van der Waals surface area contributed by atoms with Crippen molar-refractivity contribution in [3.05, 3.63) is 23.3 Å². The lowest BCUT2D eigenvalue weighted by atomic mass is 10.1. The van der Waals surface area contributed by atoms with Gasteiger partial charge < -0.3 is 0 Å². The molecule has 2 heteroatoms. The molecule has 0 aliphatic rings. The molecule has 0 saturated heterocycles. The molecular formula is C10H14S2. The van der Waals surface area contributed by atoms with Crippen LogP contribution in [0.25, 0.3) is 0 Å². The molecule has 0 aliphatic carbocycles. The molecule has 0 amide bonds. The minimum Gasteiger partial charge on any atom is -0.143 e. The summed E-state index contributed by atoms with van der Waals surface area (Å²) in [5.74, 6) is 0. The maximum atomic E-state index is 4.41. The lowest BCUT2D eigenvalue weighted by Gasteiger charge is -2.07. The van der Waals surface area contributed by atoms with E-state index >= 15 is 0 Å². The minimum atomic E-state index is 1.02. The molecule has 0 atom stereocenters. The van der Waals surface area contributed by atoms with Gasteiger partial charge in [0, 0.05) is 9.79 Å². The van der Waals surface area contributed by atoms with Crippen LogP contribution in [-0.2, 0) is 12.8 Å². The van der Waals surface area contributed by atoms with Crippen LogP contribution in [0.5, 0.6) is 0 Å². The second-order valence-electron chi connectivity index (χ2n) is 2.82. The third kappa shape index (κ3) is 1.99. The van der Waals surface area contributed by atoms with E-state index in [1.165, 1.54) is 11.1 Å². The van der Waals surface area contributed by atoms with Crippen molar-refractivity contribution in [1.82, 2.24) is 0 Å². The van der Waals surface area contributed by atoms with Gasteiger partial charge >= 0.3 is 0 Å². The predicted octanol–water partition coefficient (Wildman–Crippen LogP) is 3.39. The first-order valence-corrected chi connectivity index (χ1v) is 5.12. The van der Waals surface area contributed by atoms with E-state index in [2.05, 4.69) is 51.2 Å². The highest BCUT2D eigenvalue weighted by atomic mass is 32.1. The summed E-state index contributed by atoms with van der Waals surface area (Å²) >= 11 is 8.83. The highest BCUT2D eigenvalue weighted by Crippen LogP contribution is 2.23. The Balaban J connectivity index is 3.16. The van der Waals surface area contributed by atoms with Crippen LogP contribution in [0.2, 0.25) is 0 Å². The van der Waals surface area contributed by atoms with E-state index in [0.717, 1.165) is 22.6 Å². The van der Waals surface area contributed by atoms with E-state index in [-0.39, 0.29) is 0 Å². The Morgan fingerprint density at radius 3 is 1.50 bits per heavy atom. The van der Waals surface area contributed by atoms with Crippen molar-refractivity contribution in [1.29, 1.82) is 0 Å². The Bertz CT molecular complexity index is 250. The number of hydrogen-bond donors (Lipinski definition) is 2. The molecule has 0 aliphatic heterocycles. The van der Waals surface area contributed by atoms with Crippen LogP contribution in [0.3, 0.4) is 0 Å². The van der Waals surface area contributed by atoms with Crippen molar-refractivity contribution < 1.29 is 0 Å². The Morgan fingerprint density at radius 2 is 1.25 bits per heavy atom. The van der Waals surface area contributed by atoms with Crippen molar-refractivity contribution in [3.8, 4) is 0 Å². The van der Waals surface area contributed by atoms with E-state index < -0.39 is 0 Å². The van der Waals surface area contributed by atoms with Crippen LogP contribution in [0, 0.1) is 0 Å². The van der Waals surface area contributed by atoms with Crippen molar-refractivity contribution >= 4 is 25.3 Å². The zero-order valence-electron chi connectivity index (χ0n) is 7.46. The topological polar surface area (TPSA) is 0 Å². The first-order valence-electron chi connectivity index (χ1n) is 4.22. The second kappa shape index (κ2) is 4.24. The minimum absolute atomic E-state index is 1.02. The standard InChI is InChI=1S/C10H14S2/c1-3-7-5-10(12)8(4-2)6-9(7)11/h5-6,11-12H,3-4H2,1-2H3. The molecule has 0 N–H and O–H groups in total. The third-order valence-electron chi connectivity index (χ3n) is 2.04. The van der Waals surface area contributed by atoms with Gasteiger partial charge in [0.2, 0.25) is 0 Å². The van der Waals surface area contributed by atoms with E-state index in [1.807, 2.05) is 0 Å². The first-order chi connectivity index (χ1) is 5.69. The van der Waals surface area contributed by atoms with Gasteiger partial charge in [0.1, 0.15) is 0 Å². The number of benzene rings is 1. The summed E-state index contributed by atoms with van der Waals surface area (Å²) in [4.78, 5) is 2.18. The molecule has 0 nitrogen and oxygen atoms in total. The highest BCUT2D eigenvalue weighted by molar-refractivity contribution is 7.80. The van der Waals surface area contributed by atoms with Gasteiger partial charge in [-0.1, -0.05) is 13.8 Å². The molecule has 1 rings (SSSR count). The summed E-state index contributed by atoms with van der Waals surface area (Å²) in [6.45, 7) is 4.27. The van der Waals surface area contributed by atoms with E-state index in [4.69, 9.17) is 0 Å². The quantitative estimate of drug-likeness (QED) is 0.669. The fourth-order valence-electron chi connectivity index (χ4n) is 1.23. The molecule has 66 valence electrons. The first kappa shape index (κ1) is 10.0. The van der Waals surface area contributed by atoms with E-state index in [9.17, 15) is 0 Å². The van der Waals surface area contributed by atoms with Crippen molar-refractivity contribution in [2.75, 3.05) is 0 Å². The van der Waals surface area contributed by atoms with Crippen LogP contribution in [-0.4, -0.2) is 0 Å². The zero-order valence-corrected chi connectivity index (χ0v) is 9.25. The maximum Gasteiger partial charge on any atom is 0.00754 e. The largest absolute Gasteiger partial charge is 0.143 e. The van der Waals surface area contributed by atoms with E-state index in [0.29, 0.717) is 0 Å². The molecule has 0 unspecified atom stereocenters. The summed E-state index contributed by atoms with van der Waals surface area (Å²) in [7, 11) is 0. The lowest BCUT2D eigenvalue weighted by Crippen LogP contribution is -1.89. The molecule has 1 aromatic rings. The molecule has 1 aromatic carbocycles. The number of rotatable bonds is 2. The second-order valence-corrected chi connectivity index (χ2v) is 3.78. The normalized spacial score (nSPS) is 10.3. The lowest BCUT2D eigenvalue weighted by molar-refractivity contribution is 1.01. The van der Waals surface area contributed by atoms with Crippen LogP contribution in [0.1, 0.15) is 25.0 Å². The summed E-state index contributed by atoms with van der Waals surface area (Å²) < 4.78 is 0. The SMILES string of the molecule is CCc1cc(S)c(CC)cc1S. The van der Waals surface area contributed by atoms with Gasteiger partial charge in [-0.05, 0) is 36.1 Å². The summed E-state index contributed by atoms with van der Waals surface area (Å²) in [5, 5.41) is 0. The Labute approximate surface area is 85.2 Å². The molecule has 12 heavy (non-hydrogen) atoms. The maximum absolute atomic E-state index is 4.41. The fraction of sp³-hybridized carbons (Fsp3) is 0.400. The van der Waals surface area contributed by atoms with Crippen LogP contribution in [0.4, 0.5) is 0 Å². The van der Waals surface area contributed by atoms with Crippen LogP contribution < -0.4 is 0 Å². The molecule has 0 bridgehead atoms. The van der Waals surface area contributed by atoms with Gasteiger partial charge in [0.05, 0.1) is 0 Å². The van der Waals surface area contributed by atoms with Crippen molar-refractivity contribution in [2.24, 2.45) is 0 Å². The summed E-state index contributed by atoms with van der Waals surface area (Å²) in [6, 6.07) is 4.23. The number of thiol groups is 2. The van der Waals surface area contributed by atoms with Crippen molar-refractivity contribution in [2.45, 2.75) is 36.5 Å². The van der Waals surface area contributed by atoms with Gasteiger partial charge in [-0.3, -0.25) is 0 Å². The molecule has 0 spiro atoms. The molecule has 0 saturated carbocycles. The Kier molecular flexibility index (Phi) is 3.53. The van der Waals surface area contributed by atoms with Crippen LogP contribution >= 0.6 is 25.3 Å². The Hall–Kier alpha value is -0.0800. The smallest absolute Gasteiger partial charge is 0.00754 e. The zero-order chi connectivity index (χ0) is 9.14. The number of aryl methyl sites for hydroxylation is 2. The average molecular weight is 198 g/mol. The fourth-order valence-corrected chi connectivity index (χ4v) is 1.99. The van der Waals surface area contributed by atoms with E-state index in [1.54, 1.807) is 0 Å². The summed E-state index contributed by atoms with van der Waals surface area (Å²) in [5.41, 5.74) is 2.56. The van der Waals surface area contributed by atoms with Gasteiger partial charge in [-0.15, -0.1) is 25.3 Å². The van der Waals surface area contributed by atoms with Crippen LogP contribution in [0.15, 0.2) is 21.9 Å². The molecule has 0 aromatic heterocycles.